The Labute approximate surface area is 128 Å². The van der Waals surface area contributed by atoms with Crippen LogP contribution in [0.1, 0.15) is 37.6 Å². The average Bonchev–Trinajstić information content (AvgIpc) is 2.48. The molecule has 0 spiro atoms. The molecule has 2 rings (SSSR count). The van der Waals surface area contributed by atoms with Crippen LogP contribution in [-0.4, -0.2) is 23.2 Å². The van der Waals surface area contributed by atoms with E-state index < -0.39 is 0 Å². The van der Waals surface area contributed by atoms with Crippen LogP contribution in [0.15, 0.2) is 30.3 Å². The predicted octanol–water partition coefficient (Wildman–Crippen LogP) is 4.01. The molecular weight excluding hydrogens is 320 g/mol. The molecule has 5 unspecified atom stereocenters. The lowest BCUT2D eigenvalue weighted by atomic mass is 9.83. The number of hydrogen-bond donors (Lipinski definition) is 0. The zero-order valence-corrected chi connectivity index (χ0v) is 13.7. The third-order valence-corrected chi connectivity index (χ3v) is 4.89. The van der Waals surface area contributed by atoms with Gasteiger partial charge in [-0.25, -0.2) is 4.79 Å². The largest absolute Gasteiger partial charge is 0.455 e. The molecular formula is C16H21BrO3. The van der Waals surface area contributed by atoms with Gasteiger partial charge in [0.25, 0.3) is 0 Å². The molecule has 0 radical (unpaired) electrons. The van der Waals surface area contributed by atoms with E-state index in [4.69, 9.17) is 9.47 Å². The summed E-state index contributed by atoms with van der Waals surface area (Å²) in [5.41, 5.74) is 0.574. The third-order valence-electron chi connectivity index (χ3n) is 4.15. The normalized spacial score (nSPS) is 33.7. The van der Waals surface area contributed by atoms with Crippen LogP contribution in [0.25, 0.3) is 0 Å². The molecule has 1 aliphatic rings. The quantitative estimate of drug-likeness (QED) is 0.615. The number of carbonyl (C=O) groups excluding carboxylic acids is 1. The maximum atomic E-state index is 12.2. The Balaban J connectivity index is 2.07. The van der Waals surface area contributed by atoms with Gasteiger partial charge in [-0.1, -0.05) is 54.9 Å². The van der Waals surface area contributed by atoms with Gasteiger partial charge in [-0.05, 0) is 24.5 Å². The van der Waals surface area contributed by atoms with E-state index in [1.54, 1.807) is 12.1 Å². The Kier molecular flexibility index (Phi) is 5.22. The van der Waals surface area contributed by atoms with Crippen LogP contribution in [0.4, 0.5) is 0 Å². The Hall–Kier alpha value is -0.870. The Morgan fingerprint density at radius 2 is 1.90 bits per heavy atom. The highest BCUT2D eigenvalue weighted by Crippen LogP contribution is 2.36. The zero-order valence-electron chi connectivity index (χ0n) is 12.1. The summed E-state index contributed by atoms with van der Waals surface area (Å²) in [6.07, 6.45) is 0.911. The minimum Gasteiger partial charge on any atom is -0.455 e. The molecule has 0 aromatic heterocycles. The molecule has 1 saturated heterocycles. The van der Waals surface area contributed by atoms with Crippen LogP contribution < -0.4 is 0 Å². The van der Waals surface area contributed by atoms with Crippen molar-refractivity contribution in [1.82, 2.24) is 0 Å². The van der Waals surface area contributed by atoms with Crippen LogP contribution in [-0.2, 0) is 9.47 Å². The summed E-state index contributed by atoms with van der Waals surface area (Å²) in [5, 5.41) is -0.244. The van der Waals surface area contributed by atoms with Crippen molar-refractivity contribution in [3.8, 4) is 0 Å². The van der Waals surface area contributed by atoms with E-state index in [0.717, 1.165) is 6.42 Å². The van der Waals surface area contributed by atoms with Gasteiger partial charge in [0.05, 0.1) is 11.7 Å². The van der Waals surface area contributed by atoms with E-state index in [0.29, 0.717) is 11.5 Å². The second-order valence-corrected chi connectivity index (χ2v) is 6.29. The number of hydrogen-bond acceptors (Lipinski definition) is 3. The van der Waals surface area contributed by atoms with Crippen molar-refractivity contribution in [2.24, 2.45) is 11.8 Å². The predicted molar refractivity (Wildman–Crippen MR) is 81.9 cm³/mol. The Morgan fingerprint density at radius 3 is 2.50 bits per heavy atom. The van der Waals surface area contributed by atoms with Gasteiger partial charge in [0, 0.05) is 5.92 Å². The van der Waals surface area contributed by atoms with Crippen molar-refractivity contribution in [3.05, 3.63) is 35.9 Å². The topological polar surface area (TPSA) is 35.5 Å². The Morgan fingerprint density at radius 1 is 1.25 bits per heavy atom. The smallest absolute Gasteiger partial charge is 0.338 e. The summed E-state index contributed by atoms with van der Waals surface area (Å²) in [7, 11) is 0. The van der Waals surface area contributed by atoms with Gasteiger partial charge in [-0.3, -0.25) is 0 Å². The first-order valence-electron chi connectivity index (χ1n) is 7.10. The summed E-state index contributed by atoms with van der Waals surface area (Å²) in [6.45, 7) is 6.39. The van der Waals surface area contributed by atoms with E-state index >= 15 is 0 Å². The first-order chi connectivity index (χ1) is 9.54. The third kappa shape index (κ3) is 3.23. The molecule has 3 nitrogen and oxygen atoms in total. The molecule has 1 aromatic carbocycles. The van der Waals surface area contributed by atoms with Gasteiger partial charge in [0.15, 0.2) is 0 Å². The summed E-state index contributed by atoms with van der Waals surface area (Å²) in [6, 6.07) is 9.07. The summed E-state index contributed by atoms with van der Waals surface area (Å²) >= 11 is 3.51. The van der Waals surface area contributed by atoms with Crippen LogP contribution in [0, 0.1) is 11.8 Å². The second-order valence-electron chi connectivity index (χ2n) is 5.39. The highest BCUT2D eigenvalue weighted by molar-refractivity contribution is 9.09. The van der Waals surface area contributed by atoms with Crippen molar-refractivity contribution in [2.45, 2.75) is 44.4 Å². The second kappa shape index (κ2) is 6.72. The van der Waals surface area contributed by atoms with Crippen LogP contribution in [0.2, 0.25) is 0 Å². The fourth-order valence-electron chi connectivity index (χ4n) is 2.64. The maximum absolute atomic E-state index is 12.2. The number of benzene rings is 1. The van der Waals surface area contributed by atoms with Gasteiger partial charge in [0.2, 0.25) is 0 Å². The molecule has 0 aliphatic carbocycles. The van der Waals surface area contributed by atoms with E-state index in [1.807, 2.05) is 18.2 Å². The fraction of sp³-hybridized carbons (Fsp3) is 0.562. The van der Waals surface area contributed by atoms with E-state index in [9.17, 15) is 4.79 Å². The molecule has 0 bridgehead atoms. The zero-order chi connectivity index (χ0) is 14.7. The van der Waals surface area contributed by atoms with Crippen LogP contribution >= 0.6 is 15.9 Å². The number of ether oxygens (including phenoxy) is 2. The van der Waals surface area contributed by atoms with Crippen LogP contribution in [0.3, 0.4) is 0 Å². The van der Waals surface area contributed by atoms with Gasteiger partial charge in [0.1, 0.15) is 11.1 Å². The van der Waals surface area contributed by atoms with Crippen molar-refractivity contribution in [1.29, 1.82) is 0 Å². The van der Waals surface area contributed by atoms with Crippen molar-refractivity contribution in [3.63, 3.8) is 0 Å². The van der Waals surface area contributed by atoms with Crippen molar-refractivity contribution >= 4 is 21.9 Å². The highest BCUT2D eigenvalue weighted by Gasteiger charge is 2.41. The van der Waals surface area contributed by atoms with Gasteiger partial charge < -0.3 is 9.47 Å². The molecule has 5 atom stereocenters. The lowest BCUT2D eigenvalue weighted by Gasteiger charge is -2.42. The summed E-state index contributed by atoms with van der Waals surface area (Å²) in [4.78, 5) is 12.2. The minimum atomic E-state index is -0.294. The molecule has 20 heavy (non-hydrogen) atoms. The number of alkyl halides is 1. The van der Waals surface area contributed by atoms with Crippen LogP contribution in [0.5, 0.6) is 0 Å². The summed E-state index contributed by atoms with van der Waals surface area (Å²) in [5.74, 6) is 0.325. The van der Waals surface area contributed by atoms with Gasteiger partial charge in [-0.2, -0.15) is 0 Å². The lowest BCUT2D eigenvalue weighted by Crippen LogP contribution is -2.48. The van der Waals surface area contributed by atoms with E-state index in [1.165, 1.54) is 0 Å². The standard InChI is InChI=1S/C16H21BrO3/c1-4-13-10(2)11(3)14(15(17)19-13)20-16(18)12-8-6-5-7-9-12/h5-11,13-15H,4H2,1-3H3. The average molecular weight is 341 g/mol. The maximum Gasteiger partial charge on any atom is 0.338 e. The molecule has 1 fully saturated rings. The van der Waals surface area contributed by atoms with Gasteiger partial charge >= 0.3 is 5.97 Å². The molecule has 0 amide bonds. The highest BCUT2D eigenvalue weighted by atomic mass is 79.9. The van der Waals surface area contributed by atoms with Crippen molar-refractivity contribution < 1.29 is 14.3 Å². The molecule has 1 aliphatic heterocycles. The summed E-state index contributed by atoms with van der Waals surface area (Å²) < 4.78 is 11.6. The first-order valence-corrected chi connectivity index (χ1v) is 8.01. The molecule has 0 saturated carbocycles. The minimum absolute atomic E-state index is 0.209. The monoisotopic (exact) mass is 340 g/mol. The number of carbonyl (C=O) groups is 1. The molecule has 4 heteroatoms. The Bertz CT molecular complexity index is 448. The first kappa shape index (κ1) is 15.5. The van der Waals surface area contributed by atoms with Crippen molar-refractivity contribution in [2.75, 3.05) is 0 Å². The van der Waals surface area contributed by atoms with E-state index in [2.05, 4.69) is 36.7 Å². The number of rotatable bonds is 3. The number of halogens is 1. The lowest BCUT2D eigenvalue weighted by molar-refractivity contribution is -0.134. The van der Waals surface area contributed by atoms with E-state index in [-0.39, 0.29) is 29.1 Å². The van der Waals surface area contributed by atoms with Gasteiger partial charge in [-0.15, -0.1) is 0 Å². The fourth-order valence-corrected chi connectivity index (χ4v) is 3.51. The molecule has 0 N–H and O–H groups in total. The SMILES string of the molecule is CCC1OC(Br)C(OC(=O)c2ccccc2)C(C)C1C. The number of esters is 1. The molecule has 1 heterocycles. The molecule has 110 valence electrons. The molecule has 1 aromatic rings.